The molecule has 0 saturated heterocycles. The lowest BCUT2D eigenvalue weighted by Crippen LogP contribution is -2.04. The highest BCUT2D eigenvalue weighted by molar-refractivity contribution is 5.59. The molecule has 0 unspecified atom stereocenters. The van der Waals surface area contributed by atoms with Crippen LogP contribution in [0, 0.1) is 45.3 Å². The molecule has 0 aromatic heterocycles. The lowest BCUT2D eigenvalue weighted by atomic mass is 9.97. The molecule has 1 N–H and O–H groups in total. The molecule has 0 aliphatic heterocycles. The fourth-order valence-electron chi connectivity index (χ4n) is 1.89. The maximum absolute atomic E-state index is 9.11. The number of rotatable bonds is 3. The molecule has 0 amide bonds. The van der Waals surface area contributed by atoms with Crippen LogP contribution in [-0.2, 0) is 5.41 Å². The molecule has 0 bridgehead atoms. The Balaban J connectivity index is 2.23. The lowest BCUT2D eigenvalue weighted by molar-refractivity contribution is 0.909. The maximum Gasteiger partial charge on any atom is 0.163 e. The molecule has 1 aromatic carbocycles. The minimum absolute atomic E-state index is 0.0795. The Bertz CT molecular complexity index is 709. The first-order valence-corrected chi connectivity index (χ1v) is 5.92. The topological polar surface area (TPSA) is 107 Å². The van der Waals surface area contributed by atoms with Crippen molar-refractivity contribution in [3.8, 4) is 24.3 Å². The smallest absolute Gasteiger partial charge is 0.163 e. The molecule has 1 aliphatic carbocycles. The summed E-state index contributed by atoms with van der Waals surface area (Å²) in [5.74, 6) is 0. The number of benzene rings is 1. The first kappa shape index (κ1) is 13.2. The van der Waals surface area contributed by atoms with Crippen molar-refractivity contribution in [2.45, 2.75) is 18.3 Å². The third-order valence-electron chi connectivity index (χ3n) is 3.26. The average Bonchev–Trinajstić information content (AvgIpc) is 3.29. The van der Waals surface area contributed by atoms with Crippen molar-refractivity contribution in [3.05, 3.63) is 41.1 Å². The van der Waals surface area contributed by atoms with Gasteiger partial charge in [-0.15, -0.1) is 0 Å². The average molecular weight is 259 g/mol. The van der Waals surface area contributed by atoms with Crippen LogP contribution < -0.4 is 5.32 Å². The third kappa shape index (κ3) is 2.30. The molecule has 1 saturated carbocycles. The highest BCUT2D eigenvalue weighted by Crippen LogP contribution is 2.47. The summed E-state index contributed by atoms with van der Waals surface area (Å²) in [6, 6.07) is 14.6. The van der Waals surface area contributed by atoms with Gasteiger partial charge < -0.3 is 5.32 Å². The highest BCUT2D eigenvalue weighted by atomic mass is 14.9. The third-order valence-corrected chi connectivity index (χ3v) is 3.26. The van der Waals surface area contributed by atoms with Crippen LogP contribution in [-0.4, -0.2) is 0 Å². The van der Waals surface area contributed by atoms with Gasteiger partial charge in [0.25, 0.3) is 0 Å². The first-order valence-electron chi connectivity index (χ1n) is 5.92. The number of nitrogens with one attached hydrogen (secondary N) is 1. The summed E-state index contributed by atoms with van der Waals surface area (Å²) >= 11 is 0. The minimum Gasteiger partial charge on any atom is -0.345 e. The van der Waals surface area contributed by atoms with Crippen molar-refractivity contribution in [2.24, 2.45) is 0 Å². The summed E-state index contributed by atoms with van der Waals surface area (Å²) in [5, 5.41) is 38.3. The Morgan fingerprint density at radius 2 is 1.55 bits per heavy atom. The Kier molecular flexibility index (Phi) is 3.39. The van der Waals surface area contributed by atoms with Crippen LogP contribution >= 0.6 is 0 Å². The van der Waals surface area contributed by atoms with Crippen LogP contribution in [0.15, 0.2) is 35.5 Å². The fourth-order valence-corrected chi connectivity index (χ4v) is 1.89. The van der Waals surface area contributed by atoms with Crippen LogP contribution in [0.1, 0.15) is 18.4 Å². The molecule has 5 nitrogen and oxygen atoms in total. The van der Waals surface area contributed by atoms with Crippen LogP contribution in [0.3, 0.4) is 0 Å². The number of hydrogen-bond donors (Lipinski definition) is 1. The van der Waals surface area contributed by atoms with E-state index in [4.69, 9.17) is 21.0 Å². The van der Waals surface area contributed by atoms with Gasteiger partial charge in [-0.05, 0) is 30.5 Å². The van der Waals surface area contributed by atoms with Crippen LogP contribution in [0.2, 0.25) is 0 Å². The SMILES string of the molecule is N#CC(C#N)=C(C#N)Nc1ccc(C2(C#N)CC2)cc1. The molecule has 0 spiro atoms. The zero-order valence-corrected chi connectivity index (χ0v) is 10.5. The van der Waals surface area contributed by atoms with Gasteiger partial charge in [-0.1, -0.05) is 12.1 Å². The van der Waals surface area contributed by atoms with Gasteiger partial charge in [0.15, 0.2) is 5.57 Å². The normalized spacial score (nSPS) is 13.8. The Morgan fingerprint density at radius 1 is 0.950 bits per heavy atom. The van der Waals surface area contributed by atoms with Crippen molar-refractivity contribution >= 4 is 5.69 Å². The maximum atomic E-state index is 9.11. The van der Waals surface area contributed by atoms with Gasteiger partial charge in [-0.25, -0.2) is 0 Å². The van der Waals surface area contributed by atoms with E-state index in [9.17, 15) is 0 Å². The Labute approximate surface area is 116 Å². The van der Waals surface area contributed by atoms with Crippen molar-refractivity contribution < 1.29 is 0 Å². The molecular weight excluding hydrogens is 250 g/mol. The van der Waals surface area contributed by atoms with E-state index in [2.05, 4.69) is 11.4 Å². The molecule has 0 heterocycles. The van der Waals surface area contributed by atoms with E-state index in [-0.39, 0.29) is 16.7 Å². The zero-order valence-electron chi connectivity index (χ0n) is 10.5. The number of nitrogens with zero attached hydrogens (tertiary/aromatic N) is 4. The molecule has 0 atom stereocenters. The van der Waals surface area contributed by atoms with Gasteiger partial charge in [-0.2, -0.15) is 21.0 Å². The lowest BCUT2D eigenvalue weighted by Gasteiger charge is -2.08. The second-order valence-corrected chi connectivity index (χ2v) is 4.48. The van der Waals surface area contributed by atoms with E-state index in [1.807, 2.05) is 12.1 Å². The minimum atomic E-state index is -0.350. The van der Waals surface area contributed by atoms with E-state index < -0.39 is 0 Å². The molecule has 5 heteroatoms. The van der Waals surface area contributed by atoms with E-state index in [0.717, 1.165) is 18.4 Å². The van der Waals surface area contributed by atoms with Gasteiger partial charge in [-0.3, -0.25) is 0 Å². The largest absolute Gasteiger partial charge is 0.345 e. The van der Waals surface area contributed by atoms with Gasteiger partial charge in [0, 0.05) is 5.69 Å². The summed E-state index contributed by atoms with van der Waals surface area (Å²) in [4.78, 5) is 0. The Hall–Kier alpha value is -3.28. The van der Waals surface area contributed by atoms with Crippen LogP contribution in [0.25, 0.3) is 0 Å². The van der Waals surface area contributed by atoms with Gasteiger partial charge in [0.05, 0.1) is 11.5 Å². The molecule has 94 valence electrons. The van der Waals surface area contributed by atoms with Gasteiger partial charge in [0.1, 0.15) is 23.9 Å². The van der Waals surface area contributed by atoms with Crippen LogP contribution in [0.4, 0.5) is 5.69 Å². The van der Waals surface area contributed by atoms with E-state index in [0.29, 0.717) is 5.69 Å². The highest BCUT2D eigenvalue weighted by Gasteiger charge is 2.44. The van der Waals surface area contributed by atoms with Crippen LogP contribution in [0.5, 0.6) is 0 Å². The molecule has 2 rings (SSSR count). The molecule has 1 fully saturated rings. The second kappa shape index (κ2) is 5.15. The predicted octanol–water partition coefficient (Wildman–Crippen LogP) is 2.48. The van der Waals surface area contributed by atoms with E-state index in [1.165, 1.54) is 0 Å². The number of hydrogen-bond acceptors (Lipinski definition) is 5. The van der Waals surface area contributed by atoms with Crippen molar-refractivity contribution in [1.29, 1.82) is 21.0 Å². The monoisotopic (exact) mass is 259 g/mol. The number of nitriles is 4. The molecular formula is C15H9N5. The molecule has 20 heavy (non-hydrogen) atoms. The summed E-state index contributed by atoms with van der Waals surface area (Å²) < 4.78 is 0. The van der Waals surface area contributed by atoms with Gasteiger partial charge in [0.2, 0.25) is 0 Å². The molecule has 1 aromatic rings. The second-order valence-electron chi connectivity index (χ2n) is 4.48. The van der Waals surface area contributed by atoms with E-state index in [1.54, 1.807) is 30.3 Å². The van der Waals surface area contributed by atoms with Gasteiger partial charge >= 0.3 is 0 Å². The summed E-state index contributed by atoms with van der Waals surface area (Å²) in [6.07, 6.45) is 1.74. The quantitative estimate of drug-likeness (QED) is 0.839. The standard InChI is InChI=1S/C15H9N5/c16-7-11(8-17)14(9-18)20-13-3-1-12(2-4-13)15(10-19)5-6-15/h1-4,20H,5-6H2. The molecule has 0 radical (unpaired) electrons. The predicted molar refractivity (Wildman–Crippen MR) is 70.5 cm³/mol. The summed E-state index contributed by atoms with van der Waals surface area (Å²) in [5.41, 5.74) is 0.865. The Morgan fingerprint density at radius 3 is 1.95 bits per heavy atom. The summed E-state index contributed by atoms with van der Waals surface area (Å²) in [7, 11) is 0. The van der Waals surface area contributed by atoms with E-state index >= 15 is 0 Å². The van der Waals surface area contributed by atoms with Crippen molar-refractivity contribution in [2.75, 3.05) is 5.32 Å². The van der Waals surface area contributed by atoms with Crippen molar-refractivity contribution in [3.63, 3.8) is 0 Å². The fraction of sp³-hybridized carbons (Fsp3) is 0.200. The first-order chi connectivity index (χ1) is 9.69. The number of anilines is 1. The summed E-state index contributed by atoms with van der Waals surface area (Å²) in [6.45, 7) is 0. The molecule has 1 aliphatic rings. The number of allylic oxidation sites excluding steroid dienone is 2. The zero-order chi connectivity index (χ0) is 14.6. The van der Waals surface area contributed by atoms with Crippen molar-refractivity contribution in [1.82, 2.24) is 0 Å².